The van der Waals surface area contributed by atoms with Crippen molar-refractivity contribution < 1.29 is 13.7 Å². The van der Waals surface area contributed by atoms with E-state index in [1.165, 1.54) is 0 Å². The Bertz CT molecular complexity index is 373. The van der Waals surface area contributed by atoms with Crippen LogP contribution in [0.25, 0.3) is 0 Å². The van der Waals surface area contributed by atoms with Gasteiger partial charge in [0.15, 0.2) is 5.79 Å². The fourth-order valence-electron chi connectivity index (χ4n) is 4.63. The molecule has 98 valence electrons. The summed E-state index contributed by atoms with van der Waals surface area (Å²) in [6.07, 6.45) is 4.08. The van der Waals surface area contributed by atoms with Crippen LogP contribution in [-0.2, 0) is 20.3 Å². The first kappa shape index (κ1) is 12.1. The average molecular weight is 258 g/mol. The minimum Gasteiger partial charge on any atom is -0.346 e. The first-order valence-electron chi connectivity index (χ1n) is 6.47. The standard InChI is InChI=1S/C13H22O3S/c1-11(2)9-5-6-12(11,3)13(10(9)17(4)14)15-7-8-16-13/h9-10H,5-8H2,1-4H3/t9-,10+,12-,17+/m1/s1. The van der Waals surface area contributed by atoms with Gasteiger partial charge in [-0.3, -0.25) is 4.21 Å². The lowest BCUT2D eigenvalue weighted by molar-refractivity contribution is -0.233. The van der Waals surface area contributed by atoms with Gasteiger partial charge in [0, 0.05) is 22.5 Å². The molecule has 4 atom stereocenters. The lowest BCUT2D eigenvalue weighted by atomic mass is 9.68. The number of fused-ring (bicyclic) bond motifs is 3. The molecule has 2 saturated carbocycles. The molecule has 0 aromatic heterocycles. The van der Waals surface area contributed by atoms with E-state index < -0.39 is 16.6 Å². The smallest absolute Gasteiger partial charge is 0.189 e. The third kappa shape index (κ3) is 1.13. The fraction of sp³-hybridized carbons (Fsp3) is 1.00. The molecule has 3 nitrogen and oxygen atoms in total. The van der Waals surface area contributed by atoms with Gasteiger partial charge in [0.2, 0.25) is 0 Å². The van der Waals surface area contributed by atoms with Crippen molar-refractivity contribution >= 4 is 10.8 Å². The van der Waals surface area contributed by atoms with E-state index in [1.54, 1.807) is 6.26 Å². The van der Waals surface area contributed by atoms with Crippen molar-refractivity contribution in [3.63, 3.8) is 0 Å². The maximum atomic E-state index is 12.2. The summed E-state index contributed by atoms with van der Waals surface area (Å²) in [4.78, 5) is 0. The zero-order chi connectivity index (χ0) is 12.5. The highest BCUT2D eigenvalue weighted by molar-refractivity contribution is 7.85. The quantitative estimate of drug-likeness (QED) is 0.721. The normalized spacial score (nSPS) is 47.8. The number of hydrogen-bond acceptors (Lipinski definition) is 3. The molecule has 2 bridgehead atoms. The minimum absolute atomic E-state index is 0.00248. The van der Waals surface area contributed by atoms with Gasteiger partial charge in [-0.1, -0.05) is 20.8 Å². The van der Waals surface area contributed by atoms with Gasteiger partial charge in [-0.2, -0.15) is 0 Å². The lowest BCUT2D eigenvalue weighted by Crippen LogP contribution is -2.55. The van der Waals surface area contributed by atoms with Gasteiger partial charge in [-0.15, -0.1) is 0 Å². The molecule has 17 heavy (non-hydrogen) atoms. The van der Waals surface area contributed by atoms with E-state index in [0.29, 0.717) is 19.1 Å². The maximum Gasteiger partial charge on any atom is 0.189 e. The van der Waals surface area contributed by atoms with Gasteiger partial charge in [0.05, 0.1) is 18.5 Å². The zero-order valence-electron chi connectivity index (χ0n) is 11.1. The summed E-state index contributed by atoms with van der Waals surface area (Å²) in [6.45, 7) is 8.15. The van der Waals surface area contributed by atoms with Crippen LogP contribution in [0.1, 0.15) is 33.6 Å². The summed E-state index contributed by atoms with van der Waals surface area (Å²) < 4.78 is 24.2. The molecule has 1 heterocycles. The highest BCUT2D eigenvalue weighted by Crippen LogP contribution is 2.72. The maximum absolute atomic E-state index is 12.2. The van der Waals surface area contributed by atoms with Crippen LogP contribution >= 0.6 is 0 Å². The summed E-state index contributed by atoms with van der Waals surface area (Å²) >= 11 is 0. The van der Waals surface area contributed by atoms with E-state index in [1.807, 2.05) is 0 Å². The topological polar surface area (TPSA) is 35.5 Å². The first-order valence-corrected chi connectivity index (χ1v) is 8.09. The van der Waals surface area contributed by atoms with E-state index in [9.17, 15) is 4.21 Å². The second-order valence-electron chi connectivity index (χ2n) is 6.48. The molecule has 3 rings (SSSR count). The largest absolute Gasteiger partial charge is 0.346 e. The van der Waals surface area contributed by atoms with Gasteiger partial charge in [-0.25, -0.2) is 0 Å². The number of ether oxygens (including phenoxy) is 2. The van der Waals surface area contributed by atoms with Crippen LogP contribution in [0, 0.1) is 16.7 Å². The first-order chi connectivity index (χ1) is 7.87. The molecule has 1 aliphatic heterocycles. The van der Waals surface area contributed by atoms with Gasteiger partial charge in [-0.05, 0) is 24.2 Å². The second kappa shape index (κ2) is 3.34. The van der Waals surface area contributed by atoms with Crippen molar-refractivity contribution in [2.24, 2.45) is 16.7 Å². The molecule has 0 aromatic carbocycles. The van der Waals surface area contributed by atoms with Gasteiger partial charge in [0.1, 0.15) is 0 Å². The Morgan fingerprint density at radius 1 is 1.18 bits per heavy atom. The van der Waals surface area contributed by atoms with E-state index in [-0.39, 0.29) is 16.1 Å². The molecule has 3 fully saturated rings. The molecule has 1 saturated heterocycles. The van der Waals surface area contributed by atoms with Crippen LogP contribution in [0.3, 0.4) is 0 Å². The lowest BCUT2D eigenvalue weighted by Gasteiger charge is -2.46. The molecule has 0 unspecified atom stereocenters. The SMILES string of the molecule is C[S@](=O)[C@H]1[C@H]2CC[C@](C)(C2(C)C)C12OCCO2. The molecule has 1 spiro atoms. The highest BCUT2D eigenvalue weighted by atomic mass is 32.2. The van der Waals surface area contributed by atoms with Crippen molar-refractivity contribution in [2.75, 3.05) is 19.5 Å². The summed E-state index contributed by atoms with van der Waals surface area (Å²) in [6, 6.07) is 0. The summed E-state index contributed by atoms with van der Waals surface area (Å²) in [5.41, 5.74) is 0.144. The van der Waals surface area contributed by atoms with Gasteiger partial charge >= 0.3 is 0 Å². The number of hydrogen-bond donors (Lipinski definition) is 0. The molecular weight excluding hydrogens is 236 g/mol. The van der Waals surface area contributed by atoms with E-state index in [0.717, 1.165) is 12.8 Å². The van der Waals surface area contributed by atoms with Crippen LogP contribution in [0.5, 0.6) is 0 Å². The van der Waals surface area contributed by atoms with E-state index in [2.05, 4.69) is 20.8 Å². The van der Waals surface area contributed by atoms with Crippen LogP contribution < -0.4 is 0 Å². The molecule has 3 aliphatic rings. The molecule has 0 aromatic rings. The van der Waals surface area contributed by atoms with Crippen LogP contribution in [0.15, 0.2) is 0 Å². The van der Waals surface area contributed by atoms with Crippen molar-refractivity contribution in [3.8, 4) is 0 Å². The Kier molecular flexibility index (Phi) is 2.38. The Morgan fingerprint density at radius 3 is 2.29 bits per heavy atom. The van der Waals surface area contributed by atoms with Crippen molar-refractivity contribution in [1.29, 1.82) is 0 Å². The molecular formula is C13H22O3S. The predicted octanol–water partition coefficient (Wildman–Crippen LogP) is 1.93. The molecule has 0 amide bonds. The van der Waals surface area contributed by atoms with Crippen LogP contribution in [0.2, 0.25) is 0 Å². The third-order valence-corrected chi connectivity index (χ3v) is 7.24. The number of rotatable bonds is 1. The Labute approximate surface area is 106 Å². The highest BCUT2D eigenvalue weighted by Gasteiger charge is 2.77. The van der Waals surface area contributed by atoms with Crippen molar-refractivity contribution in [3.05, 3.63) is 0 Å². The minimum atomic E-state index is -0.892. The van der Waals surface area contributed by atoms with Crippen molar-refractivity contribution in [1.82, 2.24) is 0 Å². The van der Waals surface area contributed by atoms with Gasteiger partial charge < -0.3 is 9.47 Å². The second-order valence-corrected chi connectivity index (χ2v) is 7.99. The van der Waals surface area contributed by atoms with E-state index in [4.69, 9.17) is 9.47 Å². The fourth-order valence-corrected chi connectivity index (χ4v) is 6.40. The molecule has 0 radical (unpaired) electrons. The Morgan fingerprint density at radius 2 is 1.76 bits per heavy atom. The Hall–Kier alpha value is 0.0700. The van der Waals surface area contributed by atoms with Crippen LogP contribution in [-0.4, -0.2) is 34.7 Å². The summed E-state index contributed by atoms with van der Waals surface area (Å²) in [7, 11) is -0.892. The summed E-state index contributed by atoms with van der Waals surface area (Å²) in [5.74, 6) is -0.129. The molecule has 4 heteroatoms. The van der Waals surface area contributed by atoms with Gasteiger partial charge in [0.25, 0.3) is 0 Å². The molecule has 0 N–H and O–H groups in total. The average Bonchev–Trinajstić information content (AvgIpc) is 2.82. The molecule has 2 aliphatic carbocycles. The third-order valence-electron chi connectivity index (χ3n) is 5.89. The zero-order valence-corrected chi connectivity index (χ0v) is 11.9. The van der Waals surface area contributed by atoms with Crippen LogP contribution in [0.4, 0.5) is 0 Å². The Balaban J connectivity index is 2.16. The predicted molar refractivity (Wildman–Crippen MR) is 67.1 cm³/mol. The van der Waals surface area contributed by atoms with Crippen molar-refractivity contribution in [2.45, 2.75) is 44.6 Å². The van der Waals surface area contributed by atoms with E-state index >= 15 is 0 Å². The summed E-state index contributed by atoms with van der Waals surface area (Å²) in [5, 5.41) is 0.0405. The monoisotopic (exact) mass is 258 g/mol.